The molecular weight excluding hydrogens is 308 g/mol. The molecule has 5 atom stereocenters. The minimum Gasteiger partial charge on any atom is -0.394 e. The molecule has 0 unspecified atom stereocenters. The maximum atomic E-state index is 11.3. The number of carbonyl (C=O) groups is 1. The van der Waals surface area contributed by atoms with Crippen LogP contribution in [0.15, 0.2) is 0 Å². The molecule has 1 heterocycles. The maximum absolute atomic E-state index is 11.3. The van der Waals surface area contributed by atoms with E-state index in [0.29, 0.717) is 32.4 Å². The number of rotatable bonds is 10. The van der Waals surface area contributed by atoms with E-state index in [9.17, 15) is 20.1 Å². The van der Waals surface area contributed by atoms with E-state index >= 15 is 0 Å². The van der Waals surface area contributed by atoms with Crippen molar-refractivity contribution in [2.75, 3.05) is 26.3 Å². The third kappa shape index (κ3) is 6.68. The predicted molar refractivity (Wildman–Crippen MR) is 80.3 cm³/mol. The third-order valence-electron chi connectivity index (χ3n) is 3.65. The van der Waals surface area contributed by atoms with Crippen LogP contribution < -0.4 is 11.1 Å². The molecule has 0 aromatic carbocycles. The van der Waals surface area contributed by atoms with Crippen LogP contribution in [0.25, 0.3) is 0 Å². The second kappa shape index (κ2) is 10.9. The monoisotopic (exact) mass is 336 g/mol. The average molecular weight is 336 g/mol. The third-order valence-corrected chi connectivity index (χ3v) is 3.65. The average Bonchev–Trinajstić information content (AvgIpc) is 2.55. The van der Waals surface area contributed by atoms with Gasteiger partial charge in [-0.3, -0.25) is 4.79 Å². The smallest absolute Gasteiger partial charge is 0.220 e. The van der Waals surface area contributed by atoms with Gasteiger partial charge in [0.05, 0.1) is 6.61 Å². The van der Waals surface area contributed by atoms with Gasteiger partial charge in [0.15, 0.2) is 6.29 Å². The van der Waals surface area contributed by atoms with E-state index in [0.717, 1.165) is 6.42 Å². The van der Waals surface area contributed by atoms with Gasteiger partial charge < -0.3 is 41.0 Å². The van der Waals surface area contributed by atoms with Gasteiger partial charge in [-0.2, -0.15) is 0 Å². The molecule has 0 spiro atoms. The molecule has 0 saturated carbocycles. The lowest BCUT2D eigenvalue weighted by atomic mass is 9.99. The minimum absolute atomic E-state index is 0.0368. The highest BCUT2D eigenvalue weighted by atomic mass is 16.7. The van der Waals surface area contributed by atoms with Crippen LogP contribution in [-0.4, -0.2) is 83.3 Å². The topological polar surface area (TPSA) is 154 Å². The lowest BCUT2D eigenvalue weighted by molar-refractivity contribution is -0.301. The number of carbonyl (C=O) groups excluding carboxylic acids is 1. The van der Waals surface area contributed by atoms with Crippen LogP contribution in [-0.2, 0) is 14.3 Å². The largest absolute Gasteiger partial charge is 0.394 e. The van der Waals surface area contributed by atoms with E-state index in [1.165, 1.54) is 0 Å². The van der Waals surface area contributed by atoms with Crippen LogP contribution in [0, 0.1) is 0 Å². The number of amides is 1. The van der Waals surface area contributed by atoms with Gasteiger partial charge >= 0.3 is 0 Å². The van der Waals surface area contributed by atoms with Crippen molar-refractivity contribution in [2.45, 2.75) is 56.4 Å². The Labute approximate surface area is 135 Å². The summed E-state index contributed by atoms with van der Waals surface area (Å²) in [5.74, 6) is -0.0368. The Morgan fingerprint density at radius 1 is 1.13 bits per heavy atom. The number of ether oxygens (including phenoxy) is 2. The highest BCUT2D eigenvalue weighted by Gasteiger charge is 2.43. The van der Waals surface area contributed by atoms with E-state index in [1.54, 1.807) is 0 Å². The van der Waals surface area contributed by atoms with Crippen LogP contribution in [0.2, 0.25) is 0 Å². The van der Waals surface area contributed by atoms with Gasteiger partial charge in [-0.25, -0.2) is 0 Å². The number of hydrogen-bond acceptors (Lipinski definition) is 8. The SMILES string of the molecule is NCCNC(=O)CCCCCO[C@@H]1O[C@H](CO)[C@@H](O)[C@H](O)[C@H]1O. The van der Waals surface area contributed by atoms with Crippen molar-refractivity contribution in [1.82, 2.24) is 5.32 Å². The minimum atomic E-state index is -1.43. The van der Waals surface area contributed by atoms with Gasteiger partial charge in [-0.15, -0.1) is 0 Å². The highest BCUT2D eigenvalue weighted by molar-refractivity contribution is 5.75. The van der Waals surface area contributed by atoms with Gasteiger partial charge in [0.1, 0.15) is 24.4 Å². The van der Waals surface area contributed by atoms with Crippen molar-refractivity contribution >= 4 is 5.91 Å². The molecule has 7 N–H and O–H groups in total. The lowest BCUT2D eigenvalue weighted by Crippen LogP contribution is -2.59. The summed E-state index contributed by atoms with van der Waals surface area (Å²) in [6, 6.07) is 0. The number of nitrogens with one attached hydrogen (secondary N) is 1. The van der Waals surface area contributed by atoms with Gasteiger partial charge in [0.25, 0.3) is 0 Å². The normalized spacial score (nSPS) is 31.1. The van der Waals surface area contributed by atoms with E-state index in [-0.39, 0.29) is 12.5 Å². The van der Waals surface area contributed by atoms with Crippen LogP contribution in [0.3, 0.4) is 0 Å². The van der Waals surface area contributed by atoms with Gasteiger partial charge in [0, 0.05) is 26.1 Å². The highest BCUT2D eigenvalue weighted by Crippen LogP contribution is 2.22. The number of nitrogens with two attached hydrogens (primary N) is 1. The maximum Gasteiger partial charge on any atom is 0.220 e. The molecule has 1 saturated heterocycles. The summed E-state index contributed by atoms with van der Waals surface area (Å²) in [4.78, 5) is 11.3. The molecular formula is C14H28N2O7. The fourth-order valence-electron chi connectivity index (χ4n) is 2.27. The molecule has 0 radical (unpaired) electrons. The second-order valence-corrected chi connectivity index (χ2v) is 5.52. The van der Waals surface area contributed by atoms with Crippen molar-refractivity contribution in [3.05, 3.63) is 0 Å². The van der Waals surface area contributed by atoms with Gasteiger partial charge in [-0.1, -0.05) is 6.42 Å². The summed E-state index contributed by atoms with van der Waals surface area (Å²) in [5, 5.41) is 40.8. The number of hydrogen-bond donors (Lipinski definition) is 6. The van der Waals surface area contributed by atoms with Crippen LogP contribution >= 0.6 is 0 Å². The Kier molecular flexibility index (Phi) is 9.56. The van der Waals surface area contributed by atoms with Crippen molar-refractivity contribution in [3.8, 4) is 0 Å². The molecule has 1 amide bonds. The first-order chi connectivity index (χ1) is 11.0. The van der Waals surface area contributed by atoms with Crippen LogP contribution in [0.1, 0.15) is 25.7 Å². The first-order valence-corrected chi connectivity index (χ1v) is 7.90. The zero-order valence-corrected chi connectivity index (χ0v) is 13.1. The Bertz CT molecular complexity index is 343. The summed E-state index contributed by atoms with van der Waals surface area (Å²) in [7, 11) is 0. The summed E-state index contributed by atoms with van der Waals surface area (Å²) < 4.78 is 10.6. The Hall–Kier alpha value is -0.810. The Balaban J connectivity index is 2.16. The van der Waals surface area contributed by atoms with E-state index < -0.39 is 37.3 Å². The molecule has 1 rings (SSSR count). The van der Waals surface area contributed by atoms with Crippen LogP contribution in [0.4, 0.5) is 0 Å². The molecule has 23 heavy (non-hydrogen) atoms. The molecule has 9 heteroatoms. The van der Waals surface area contributed by atoms with E-state index in [2.05, 4.69) is 5.32 Å². The number of aliphatic hydroxyl groups is 4. The van der Waals surface area contributed by atoms with Crippen molar-refractivity contribution < 1.29 is 34.7 Å². The molecule has 9 nitrogen and oxygen atoms in total. The first-order valence-electron chi connectivity index (χ1n) is 7.90. The van der Waals surface area contributed by atoms with Crippen molar-refractivity contribution in [3.63, 3.8) is 0 Å². The molecule has 136 valence electrons. The molecule has 0 aromatic rings. The molecule has 0 bridgehead atoms. The van der Waals surface area contributed by atoms with Gasteiger partial charge in [-0.05, 0) is 12.8 Å². The lowest BCUT2D eigenvalue weighted by Gasteiger charge is -2.39. The standard InChI is InChI=1S/C14H28N2O7/c15-5-6-16-10(18)4-2-1-3-7-22-14-13(21)12(20)11(19)9(8-17)23-14/h9,11-14,17,19-21H,1-8,15H2,(H,16,18)/t9-,11-,12+,13-,14-/m1/s1. The number of aliphatic hydroxyl groups excluding tert-OH is 4. The van der Waals surface area contributed by atoms with Crippen LogP contribution in [0.5, 0.6) is 0 Å². The first kappa shape index (κ1) is 20.2. The number of unbranched alkanes of at least 4 members (excludes halogenated alkanes) is 2. The fourth-order valence-corrected chi connectivity index (χ4v) is 2.27. The molecule has 1 aliphatic rings. The zero-order chi connectivity index (χ0) is 17.2. The molecule has 1 fully saturated rings. The molecule has 0 aliphatic carbocycles. The molecule has 0 aromatic heterocycles. The summed E-state index contributed by atoms with van der Waals surface area (Å²) in [5.41, 5.74) is 5.28. The Morgan fingerprint density at radius 3 is 2.52 bits per heavy atom. The quantitative estimate of drug-likeness (QED) is 0.238. The summed E-state index contributed by atoms with van der Waals surface area (Å²) >= 11 is 0. The van der Waals surface area contributed by atoms with Crippen molar-refractivity contribution in [1.29, 1.82) is 0 Å². The van der Waals surface area contributed by atoms with E-state index in [1.807, 2.05) is 0 Å². The van der Waals surface area contributed by atoms with Crippen molar-refractivity contribution in [2.24, 2.45) is 5.73 Å². The van der Waals surface area contributed by atoms with E-state index in [4.69, 9.17) is 20.3 Å². The molecule has 1 aliphatic heterocycles. The second-order valence-electron chi connectivity index (χ2n) is 5.52. The fraction of sp³-hybridized carbons (Fsp3) is 0.929. The zero-order valence-electron chi connectivity index (χ0n) is 13.1. The predicted octanol–water partition coefficient (Wildman–Crippen LogP) is -2.56. The Morgan fingerprint density at radius 2 is 1.87 bits per heavy atom. The summed E-state index contributed by atoms with van der Waals surface area (Å²) in [6.45, 7) is 0.674. The van der Waals surface area contributed by atoms with Gasteiger partial charge in [0.2, 0.25) is 5.91 Å². The summed E-state index contributed by atoms with van der Waals surface area (Å²) in [6.07, 6.45) is -3.74.